The van der Waals surface area contributed by atoms with E-state index in [1.807, 2.05) is 94.4 Å². The fourth-order valence-electron chi connectivity index (χ4n) is 4.08. The summed E-state index contributed by atoms with van der Waals surface area (Å²) in [6.07, 6.45) is 1.48. The zero-order valence-corrected chi connectivity index (χ0v) is 21.8. The molecule has 0 radical (unpaired) electrons. The molecule has 2 atom stereocenters. The number of nitrogens with one attached hydrogen (secondary N) is 1. The first-order valence-corrected chi connectivity index (χ1v) is 12.6. The molecular weight excluding hydrogens is 456 g/mol. The molecule has 0 fully saturated rings. The van der Waals surface area contributed by atoms with E-state index in [-0.39, 0.29) is 24.3 Å². The van der Waals surface area contributed by atoms with Crippen LogP contribution in [-0.2, 0) is 29.0 Å². The number of nitrogens with zero attached hydrogens (tertiary/aromatic N) is 1. The Bertz CT molecular complexity index is 1150. The van der Waals surface area contributed by atoms with E-state index in [1.165, 1.54) is 0 Å². The summed E-state index contributed by atoms with van der Waals surface area (Å²) in [4.78, 5) is 29.2. The number of benzene rings is 3. The second-order valence-corrected chi connectivity index (χ2v) is 9.72. The van der Waals surface area contributed by atoms with Gasteiger partial charge in [0.1, 0.15) is 6.04 Å². The van der Waals surface area contributed by atoms with Crippen molar-refractivity contribution in [2.24, 2.45) is 0 Å². The van der Waals surface area contributed by atoms with Crippen LogP contribution in [-0.4, -0.2) is 28.8 Å². The normalized spacial score (nSPS) is 12.6. The van der Waals surface area contributed by atoms with Crippen LogP contribution in [0.1, 0.15) is 48.1 Å². The molecule has 0 spiro atoms. The summed E-state index contributed by atoms with van der Waals surface area (Å²) in [7, 11) is 0. The third-order valence-electron chi connectivity index (χ3n) is 6.36. The third kappa shape index (κ3) is 7.69. The molecule has 5 heteroatoms. The molecule has 0 saturated heterocycles. The molecule has 0 bridgehead atoms. The van der Waals surface area contributed by atoms with E-state index in [0.29, 0.717) is 18.0 Å². The van der Waals surface area contributed by atoms with Crippen LogP contribution >= 0.6 is 11.6 Å². The van der Waals surface area contributed by atoms with Gasteiger partial charge in [0.25, 0.3) is 0 Å². The van der Waals surface area contributed by atoms with E-state index < -0.39 is 6.04 Å². The Morgan fingerprint density at radius 3 is 2.34 bits per heavy atom. The standard InChI is InChI=1S/C30H35ClN2O2/c1-5-23(4)32-30(35)28(18-24-10-7-6-8-11-24)33(20-25-12-9-13-27(31)17-25)29(34)19-26-16-21(2)14-15-22(26)3/h6-17,23,28H,5,18-20H2,1-4H3,(H,32,35). The molecular formula is C30H35ClN2O2. The van der Waals surface area contributed by atoms with Crippen molar-refractivity contribution in [3.63, 3.8) is 0 Å². The molecule has 0 aromatic heterocycles. The first-order chi connectivity index (χ1) is 16.8. The number of carbonyl (C=O) groups is 2. The van der Waals surface area contributed by atoms with Gasteiger partial charge in [-0.15, -0.1) is 0 Å². The van der Waals surface area contributed by atoms with Crippen molar-refractivity contribution in [2.75, 3.05) is 0 Å². The SMILES string of the molecule is CCC(C)NC(=O)C(Cc1ccccc1)N(Cc1cccc(Cl)c1)C(=O)Cc1cc(C)ccc1C. The molecule has 184 valence electrons. The van der Waals surface area contributed by atoms with Crippen molar-refractivity contribution in [2.45, 2.75) is 65.6 Å². The Balaban J connectivity index is 2.00. The van der Waals surface area contributed by atoms with E-state index in [0.717, 1.165) is 34.2 Å². The number of hydrogen-bond donors (Lipinski definition) is 1. The quantitative estimate of drug-likeness (QED) is 0.376. The second kappa shape index (κ2) is 12.6. The van der Waals surface area contributed by atoms with Crippen molar-refractivity contribution in [3.8, 4) is 0 Å². The van der Waals surface area contributed by atoms with Gasteiger partial charge in [-0.3, -0.25) is 9.59 Å². The lowest BCUT2D eigenvalue weighted by Gasteiger charge is -2.32. The minimum atomic E-state index is -0.650. The average Bonchev–Trinajstić information content (AvgIpc) is 2.84. The molecule has 0 aliphatic rings. The lowest BCUT2D eigenvalue weighted by molar-refractivity contribution is -0.141. The summed E-state index contributed by atoms with van der Waals surface area (Å²) in [5.74, 6) is -0.224. The van der Waals surface area contributed by atoms with Crippen LogP contribution < -0.4 is 5.32 Å². The summed E-state index contributed by atoms with van der Waals surface area (Å²) in [5.41, 5.74) is 5.05. The van der Waals surface area contributed by atoms with Crippen LogP contribution in [0.2, 0.25) is 5.02 Å². The van der Waals surface area contributed by atoms with Crippen molar-refractivity contribution in [1.82, 2.24) is 10.2 Å². The van der Waals surface area contributed by atoms with Crippen LogP contribution in [0, 0.1) is 13.8 Å². The number of carbonyl (C=O) groups excluding carboxylic acids is 2. The van der Waals surface area contributed by atoms with Crippen LogP contribution in [0.4, 0.5) is 0 Å². The second-order valence-electron chi connectivity index (χ2n) is 9.28. The van der Waals surface area contributed by atoms with Crippen molar-refractivity contribution in [1.29, 1.82) is 0 Å². The van der Waals surface area contributed by atoms with E-state index in [9.17, 15) is 9.59 Å². The molecule has 3 aromatic carbocycles. The Morgan fingerprint density at radius 2 is 1.66 bits per heavy atom. The van der Waals surface area contributed by atoms with Gasteiger partial charge in [-0.25, -0.2) is 0 Å². The molecule has 0 aliphatic heterocycles. The monoisotopic (exact) mass is 490 g/mol. The molecule has 0 aliphatic carbocycles. The van der Waals surface area contributed by atoms with Crippen molar-refractivity contribution in [3.05, 3.63) is 106 Å². The predicted molar refractivity (Wildman–Crippen MR) is 143 cm³/mol. The lowest BCUT2D eigenvalue weighted by atomic mass is 9.99. The number of hydrogen-bond acceptors (Lipinski definition) is 2. The van der Waals surface area contributed by atoms with Gasteiger partial charge in [0.15, 0.2) is 0 Å². The van der Waals surface area contributed by atoms with Crippen LogP contribution in [0.25, 0.3) is 0 Å². The van der Waals surface area contributed by atoms with Gasteiger partial charge in [0.2, 0.25) is 11.8 Å². The van der Waals surface area contributed by atoms with E-state index >= 15 is 0 Å². The van der Waals surface area contributed by atoms with Gasteiger partial charge < -0.3 is 10.2 Å². The Labute approximate surface area is 214 Å². The van der Waals surface area contributed by atoms with E-state index in [2.05, 4.69) is 11.4 Å². The van der Waals surface area contributed by atoms with E-state index in [1.54, 1.807) is 4.90 Å². The van der Waals surface area contributed by atoms with Crippen LogP contribution in [0.5, 0.6) is 0 Å². The Morgan fingerprint density at radius 1 is 0.943 bits per heavy atom. The average molecular weight is 491 g/mol. The fraction of sp³-hybridized carbons (Fsp3) is 0.333. The van der Waals surface area contributed by atoms with E-state index in [4.69, 9.17) is 11.6 Å². The van der Waals surface area contributed by atoms with Crippen LogP contribution in [0.3, 0.4) is 0 Å². The van der Waals surface area contributed by atoms with Crippen LogP contribution in [0.15, 0.2) is 72.8 Å². The topological polar surface area (TPSA) is 49.4 Å². The molecule has 35 heavy (non-hydrogen) atoms. The largest absolute Gasteiger partial charge is 0.352 e. The first-order valence-electron chi connectivity index (χ1n) is 12.2. The maximum atomic E-state index is 13.9. The fourth-order valence-corrected chi connectivity index (χ4v) is 4.30. The molecule has 4 nitrogen and oxygen atoms in total. The molecule has 0 heterocycles. The number of aryl methyl sites for hydroxylation is 2. The number of halogens is 1. The highest BCUT2D eigenvalue weighted by atomic mass is 35.5. The summed E-state index contributed by atoms with van der Waals surface area (Å²) in [5, 5.41) is 3.71. The van der Waals surface area contributed by atoms with Crippen molar-refractivity contribution < 1.29 is 9.59 Å². The molecule has 2 amide bonds. The predicted octanol–water partition coefficient (Wildman–Crippen LogP) is 6.05. The zero-order valence-electron chi connectivity index (χ0n) is 21.1. The highest BCUT2D eigenvalue weighted by Crippen LogP contribution is 2.20. The van der Waals surface area contributed by atoms with Gasteiger partial charge in [0, 0.05) is 24.0 Å². The minimum Gasteiger partial charge on any atom is -0.352 e. The third-order valence-corrected chi connectivity index (χ3v) is 6.60. The Kier molecular flexibility index (Phi) is 9.50. The smallest absolute Gasteiger partial charge is 0.243 e. The zero-order chi connectivity index (χ0) is 25.4. The van der Waals surface area contributed by atoms with Gasteiger partial charge in [0.05, 0.1) is 6.42 Å². The van der Waals surface area contributed by atoms with Gasteiger partial charge in [-0.1, -0.05) is 84.8 Å². The minimum absolute atomic E-state index is 0.0166. The molecule has 2 unspecified atom stereocenters. The summed E-state index contributed by atoms with van der Waals surface area (Å²) in [6, 6.07) is 22.8. The molecule has 0 saturated carbocycles. The van der Waals surface area contributed by atoms with Crippen molar-refractivity contribution >= 4 is 23.4 Å². The Hall–Kier alpha value is -3.11. The number of rotatable bonds is 10. The van der Waals surface area contributed by atoms with Gasteiger partial charge >= 0.3 is 0 Å². The highest BCUT2D eigenvalue weighted by molar-refractivity contribution is 6.30. The molecule has 3 aromatic rings. The maximum Gasteiger partial charge on any atom is 0.243 e. The molecule has 1 N–H and O–H groups in total. The van der Waals surface area contributed by atoms with Gasteiger partial charge in [-0.05, 0) is 61.6 Å². The maximum absolute atomic E-state index is 13.9. The summed E-state index contributed by atoms with van der Waals surface area (Å²) in [6.45, 7) is 8.36. The highest BCUT2D eigenvalue weighted by Gasteiger charge is 2.31. The first kappa shape index (κ1) is 26.5. The number of amides is 2. The summed E-state index contributed by atoms with van der Waals surface area (Å²) >= 11 is 6.25. The molecule has 3 rings (SSSR count). The lowest BCUT2D eigenvalue weighted by Crippen LogP contribution is -2.52. The summed E-state index contributed by atoms with van der Waals surface area (Å²) < 4.78 is 0. The van der Waals surface area contributed by atoms with Gasteiger partial charge in [-0.2, -0.15) is 0 Å².